The van der Waals surface area contributed by atoms with Gasteiger partial charge in [-0.05, 0) is 90.2 Å². The zero-order valence-electron chi connectivity index (χ0n) is 33.1. The maximum Gasteiger partial charge on any atom is 0.329 e. The van der Waals surface area contributed by atoms with E-state index in [9.17, 15) is 49.3 Å². The van der Waals surface area contributed by atoms with Gasteiger partial charge in [-0.3, -0.25) is 19.2 Å². The summed E-state index contributed by atoms with van der Waals surface area (Å²) in [5.41, 5.74) is -5.79. The van der Waals surface area contributed by atoms with E-state index in [1.165, 1.54) is 18.2 Å². The molecule has 0 spiro atoms. The molecule has 20 heteroatoms. The summed E-state index contributed by atoms with van der Waals surface area (Å²) in [6, 6.07) is -1.55. The van der Waals surface area contributed by atoms with Gasteiger partial charge in [0.15, 0.2) is 29.4 Å². The van der Waals surface area contributed by atoms with Crippen molar-refractivity contribution in [2.75, 3.05) is 26.4 Å². The summed E-state index contributed by atoms with van der Waals surface area (Å²) in [6.45, 7) is 5.24. The summed E-state index contributed by atoms with van der Waals surface area (Å²) < 4.78 is 41.2. The van der Waals surface area contributed by atoms with Gasteiger partial charge in [0.1, 0.15) is 6.04 Å². The minimum atomic E-state index is -2.17. The van der Waals surface area contributed by atoms with Crippen LogP contribution in [0.15, 0.2) is 23.8 Å². The number of carbonyl (C=O) groups is 5. The molecule has 322 valence electrons. The molecule has 1 heterocycles. The van der Waals surface area contributed by atoms with Crippen molar-refractivity contribution in [2.24, 2.45) is 22.7 Å². The van der Waals surface area contributed by atoms with Crippen LogP contribution in [0, 0.1) is 42.9 Å². The molecule has 0 aromatic carbocycles. The fourth-order valence-corrected chi connectivity index (χ4v) is 10.1. The number of Topliss-reactive ketones (excluding diaryl/α,β-unsaturated/α-hetero) is 1. The Balaban J connectivity index is 1.27. The largest absolute Gasteiger partial charge is 0.464 e. The Bertz CT molecular complexity index is 1720. The van der Waals surface area contributed by atoms with E-state index in [0.29, 0.717) is 31.3 Å². The first-order chi connectivity index (χ1) is 27.2. The highest BCUT2D eigenvalue weighted by Gasteiger charge is 2.80. The van der Waals surface area contributed by atoms with E-state index >= 15 is 4.39 Å². The van der Waals surface area contributed by atoms with Crippen molar-refractivity contribution in [3.63, 3.8) is 0 Å². The second-order valence-electron chi connectivity index (χ2n) is 16.6. The lowest BCUT2D eigenvalue weighted by molar-refractivity contribution is -0.757. The lowest BCUT2D eigenvalue weighted by atomic mass is 9.44. The van der Waals surface area contributed by atoms with Gasteiger partial charge in [0, 0.05) is 23.2 Å². The van der Waals surface area contributed by atoms with E-state index in [2.05, 4.69) is 15.0 Å². The number of halogens is 1. The number of aliphatic hydroxyl groups excluding tert-OH is 1. The van der Waals surface area contributed by atoms with E-state index < -0.39 is 105 Å². The number of ketones is 2. The first kappa shape index (κ1) is 44.5. The standard InChI is InChI=1S/C38H52FN3O16/c1-34(2)57-30-19-26-25-12-11-23-18-24(43)13-14-35(23,3)37(25,39)28(44)21-36(26,4)38(30,58-34)29(45)22-54-32(47)20-27(33(48)53-15-8-9-17-56-42(51)52)40-31(46)10-6-5-7-16-55-41(49)50/h13-14,18,25-28,30,44H,5-12,15-17,19-22H2,1-4H3,(H,40,46)/t25-,26-,27?,28-,30-,35-,36-,37-,38-/m0/s1. The molecule has 1 saturated heterocycles. The summed E-state index contributed by atoms with van der Waals surface area (Å²) in [7, 11) is 0. The second-order valence-corrected chi connectivity index (χ2v) is 16.6. The molecule has 58 heavy (non-hydrogen) atoms. The number of esters is 2. The summed E-state index contributed by atoms with van der Waals surface area (Å²) in [6.07, 6.45) is 2.98. The number of amides is 1. The lowest BCUT2D eigenvalue weighted by Gasteiger charge is -2.62. The fourth-order valence-electron chi connectivity index (χ4n) is 10.1. The Labute approximate surface area is 333 Å². The van der Waals surface area contributed by atoms with Crippen LogP contribution >= 0.6 is 0 Å². The number of hydrogen-bond acceptors (Lipinski definition) is 16. The predicted octanol–water partition coefficient (Wildman–Crippen LogP) is 3.15. The highest BCUT2D eigenvalue weighted by molar-refractivity contribution is 6.01. The predicted molar refractivity (Wildman–Crippen MR) is 194 cm³/mol. The quantitative estimate of drug-likeness (QED) is 0.0773. The number of alkyl halides is 1. The minimum absolute atomic E-state index is 0.108. The van der Waals surface area contributed by atoms with Gasteiger partial charge in [0.2, 0.25) is 11.7 Å². The SMILES string of the molecule is CC1(C)O[C@H]2C[C@H]3[C@@H]4CCC5=CC(=O)C=C[C@]5(C)[C@@]4(F)[C@@H](O)C[C@]3(C)[C@@]2(C(=O)COC(=O)CC(NC(=O)CCCCCO[N+](=O)[O-])C(=O)OCCCCO[N+](=O)[O-])O1. The van der Waals surface area contributed by atoms with E-state index in [4.69, 9.17) is 18.9 Å². The topological polar surface area (TPSA) is 259 Å². The van der Waals surface area contributed by atoms with Crippen molar-refractivity contribution >= 4 is 29.4 Å². The zero-order chi connectivity index (χ0) is 42.7. The van der Waals surface area contributed by atoms with Crippen LogP contribution in [0.1, 0.15) is 98.3 Å². The number of unbranched alkanes of at least 4 members (excludes halogenated alkanes) is 3. The van der Waals surface area contributed by atoms with Gasteiger partial charge in [-0.25, -0.2) is 9.18 Å². The van der Waals surface area contributed by atoms with Crippen LogP contribution in [0.5, 0.6) is 0 Å². The van der Waals surface area contributed by atoms with Crippen LogP contribution < -0.4 is 5.32 Å². The molecule has 9 atom stereocenters. The van der Waals surface area contributed by atoms with Gasteiger partial charge in [-0.1, -0.05) is 25.0 Å². The molecular weight excluding hydrogens is 773 g/mol. The molecule has 2 N–H and O–H groups in total. The van der Waals surface area contributed by atoms with Crippen LogP contribution in [0.2, 0.25) is 0 Å². The first-order valence-corrected chi connectivity index (χ1v) is 19.6. The molecule has 4 fully saturated rings. The molecule has 4 aliphatic carbocycles. The molecule has 0 aromatic rings. The summed E-state index contributed by atoms with van der Waals surface area (Å²) in [5.74, 6) is -6.18. The van der Waals surface area contributed by atoms with Crippen molar-refractivity contribution in [2.45, 2.75) is 134 Å². The highest BCUT2D eigenvalue weighted by atomic mass is 19.1. The molecule has 3 saturated carbocycles. The van der Waals surface area contributed by atoms with Crippen molar-refractivity contribution in [1.82, 2.24) is 5.32 Å². The zero-order valence-corrected chi connectivity index (χ0v) is 33.1. The monoisotopic (exact) mass is 825 g/mol. The minimum Gasteiger partial charge on any atom is -0.464 e. The third-order valence-corrected chi connectivity index (χ3v) is 12.6. The number of aliphatic hydroxyl groups is 1. The Kier molecular flexibility index (Phi) is 13.3. The van der Waals surface area contributed by atoms with E-state index in [1.807, 2.05) is 0 Å². The third kappa shape index (κ3) is 8.59. The van der Waals surface area contributed by atoms with E-state index in [1.54, 1.807) is 27.7 Å². The molecule has 1 unspecified atom stereocenters. The van der Waals surface area contributed by atoms with Crippen molar-refractivity contribution < 1.29 is 72.3 Å². The maximum absolute atomic E-state index is 17.7. The van der Waals surface area contributed by atoms with Gasteiger partial charge >= 0.3 is 11.9 Å². The van der Waals surface area contributed by atoms with Gasteiger partial charge in [0.05, 0.1) is 38.4 Å². The number of nitrogens with one attached hydrogen (secondary N) is 1. The van der Waals surface area contributed by atoms with Crippen LogP contribution in [0.25, 0.3) is 0 Å². The van der Waals surface area contributed by atoms with Crippen LogP contribution in [-0.4, -0.2) is 106 Å². The number of hydrogen-bond donors (Lipinski definition) is 2. The molecule has 1 amide bonds. The van der Waals surface area contributed by atoms with Crippen LogP contribution in [0.3, 0.4) is 0 Å². The Morgan fingerprint density at radius 3 is 2.31 bits per heavy atom. The number of ether oxygens (including phenoxy) is 4. The van der Waals surface area contributed by atoms with E-state index in [0.717, 1.165) is 0 Å². The average molecular weight is 826 g/mol. The number of fused-ring (bicyclic) bond motifs is 7. The Morgan fingerprint density at radius 2 is 1.64 bits per heavy atom. The fraction of sp³-hybridized carbons (Fsp3) is 0.763. The second kappa shape index (κ2) is 17.3. The van der Waals surface area contributed by atoms with Gasteiger partial charge in [-0.15, -0.1) is 20.2 Å². The molecule has 1 aliphatic heterocycles. The molecule has 0 radical (unpaired) electrons. The van der Waals surface area contributed by atoms with Crippen molar-refractivity contribution in [3.8, 4) is 0 Å². The number of carbonyl (C=O) groups excluding carboxylic acids is 5. The lowest BCUT2D eigenvalue weighted by Crippen LogP contribution is -2.70. The highest BCUT2D eigenvalue weighted by Crippen LogP contribution is 2.72. The van der Waals surface area contributed by atoms with Crippen LogP contribution in [-0.2, 0) is 52.6 Å². The maximum atomic E-state index is 17.7. The molecule has 0 aromatic heterocycles. The first-order valence-electron chi connectivity index (χ1n) is 19.6. The number of allylic oxidation sites excluding steroid dienone is 4. The smallest absolute Gasteiger partial charge is 0.329 e. The normalized spacial score (nSPS) is 33.3. The number of nitrogens with zero attached hydrogens (tertiary/aromatic N) is 2. The molecule has 19 nitrogen and oxygen atoms in total. The summed E-state index contributed by atoms with van der Waals surface area (Å²) in [5, 5.41) is 33.0. The summed E-state index contributed by atoms with van der Waals surface area (Å²) in [4.78, 5) is 95.0. The Hall–Kier alpha value is -4.56. The molecular formula is C38H52FN3O16. The van der Waals surface area contributed by atoms with Gasteiger partial charge < -0.3 is 39.0 Å². The van der Waals surface area contributed by atoms with E-state index in [-0.39, 0.29) is 64.1 Å². The molecule has 5 aliphatic rings. The van der Waals surface area contributed by atoms with Crippen molar-refractivity contribution in [1.29, 1.82) is 0 Å². The molecule has 0 bridgehead atoms. The van der Waals surface area contributed by atoms with Crippen LogP contribution in [0.4, 0.5) is 4.39 Å². The van der Waals surface area contributed by atoms with Crippen molar-refractivity contribution in [3.05, 3.63) is 44.0 Å². The summed E-state index contributed by atoms with van der Waals surface area (Å²) >= 11 is 0. The van der Waals surface area contributed by atoms with Gasteiger partial charge in [-0.2, -0.15) is 0 Å². The van der Waals surface area contributed by atoms with Gasteiger partial charge in [0.25, 0.3) is 10.2 Å². The molecule has 5 rings (SSSR count). The average Bonchev–Trinajstić information content (AvgIpc) is 3.55. The number of rotatable bonds is 20. The Morgan fingerprint density at radius 1 is 0.983 bits per heavy atom. The third-order valence-electron chi connectivity index (χ3n) is 12.6.